The van der Waals surface area contributed by atoms with E-state index in [0.717, 1.165) is 17.3 Å². The summed E-state index contributed by atoms with van der Waals surface area (Å²) >= 11 is 2.42. The fourth-order valence-electron chi connectivity index (χ4n) is 2.42. The zero-order valence-electron chi connectivity index (χ0n) is 18.3. The normalized spacial score (nSPS) is 11.1. The zero-order valence-corrected chi connectivity index (χ0v) is 20.0. The second-order valence-electron chi connectivity index (χ2n) is 7.58. The van der Waals surface area contributed by atoms with Crippen molar-refractivity contribution in [3.05, 3.63) is 53.9 Å². The summed E-state index contributed by atoms with van der Waals surface area (Å²) in [5.41, 5.74) is -0.125. The van der Waals surface area contributed by atoms with E-state index in [0.29, 0.717) is 15.2 Å². The summed E-state index contributed by atoms with van der Waals surface area (Å²) in [7, 11) is 1.17. The van der Waals surface area contributed by atoms with Gasteiger partial charge >= 0.3 is 12.1 Å². The lowest BCUT2D eigenvalue weighted by molar-refractivity contribution is 0.0522. The van der Waals surface area contributed by atoms with E-state index in [4.69, 9.17) is 4.74 Å². The molecule has 0 saturated heterocycles. The smallest absolute Gasteiger partial charge is 0.407 e. The molecular weight excluding hydrogens is 469 g/mol. The number of hydrogen-bond donors (Lipinski definition) is 2. The highest BCUT2D eigenvalue weighted by atomic mass is 32.2. The van der Waals surface area contributed by atoms with Crippen LogP contribution in [0.4, 0.5) is 20.1 Å². The van der Waals surface area contributed by atoms with E-state index in [1.807, 2.05) is 6.07 Å². The molecule has 1 amide bonds. The molecule has 2 N–H and O–H groups in total. The molecule has 0 atom stereocenters. The predicted octanol–water partition coefficient (Wildman–Crippen LogP) is 4.78. The number of methoxy groups -OCH3 is 1. The van der Waals surface area contributed by atoms with E-state index >= 15 is 0 Å². The molecule has 0 aliphatic heterocycles. The lowest BCUT2D eigenvalue weighted by Gasteiger charge is -2.19. The fourth-order valence-corrected chi connectivity index (χ4v) is 4.28. The molecule has 3 aromatic rings. The van der Waals surface area contributed by atoms with E-state index in [1.165, 1.54) is 30.7 Å². The van der Waals surface area contributed by atoms with Gasteiger partial charge in [-0.05, 0) is 38.5 Å². The average molecular weight is 492 g/mol. The first kappa shape index (κ1) is 24.4. The van der Waals surface area contributed by atoms with Gasteiger partial charge in [0.2, 0.25) is 0 Å². The molecule has 3 aromatic heterocycles. The number of rotatable bonds is 7. The van der Waals surface area contributed by atoms with Gasteiger partial charge in [-0.1, -0.05) is 29.2 Å². The molecular formula is C21H22FN5O4S2. The highest BCUT2D eigenvalue weighted by Crippen LogP contribution is 2.36. The van der Waals surface area contributed by atoms with Gasteiger partial charge in [0.25, 0.3) is 0 Å². The number of hydrogen-bond acceptors (Lipinski definition) is 10. The number of ether oxygens (including phenoxy) is 2. The van der Waals surface area contributed by atoms with Crippen LogP contribution in [0.2, 0.25) is 0 Å². The minimum Gasteiger partial charge on any atom is -0.464 e. The van der Waals surface area contributed by atoms with Gasteiger partial charge in [-0.25, -0.2) is 28.9 Å². The summed E-state index contributed by atoms with van der Waals surface area (Å²) in [5, 5.41) is 6.31. The van der Waals surface area contributed by atoms with Gasteiger partial charge in [0.05, 0.1) is 22.4 Å². The maximum absolute atomic E-state index is 14.5. The minimum absolute atomic E-state index is 0.237. The number of carbonyl (C=O) groups is 2. The molecule has 12 heteroatoms. The van der Waals surface area contributed by atoms with Crippen molar-refractivity contribution in [3.8, 4) is 0 Å². The Morgan fingerprint density at radius 1 is 1.15 bits per heavy atom. The van der Waals surface area contributed by atoms with Gasteiger partial charge in [0.15, 0.2) is 16.6 Å². The molecule has 9 nitrogen and oxygen atoms in total. The minimum atomic E-state index is -0.836. The van der Waals surface area contributed by atoms with E-state index in [1.54, 1.807) is 39.2 Å². The monoisotopic (exact) mass is 491 g/mol. The Hall–Kier alpha value is -3.25. The van der Waals surface area contributed by atoms with E-state index in [9.17, 15) is 14.0 Å². The molecule has 0 aliphatic rings. The Kier molecular flexibility index (Phi) is 7.82. The third-order valence-electron chi connectivity index (χ3n) is 3.82. The lowest BCUT2D eigenvalue weighted by Crippen LogP contribution is -2.32. The molecule has 0 aromatic carbocycles. The quantitative estimate of drug-likeness (QED) is 0.451. The van der Waals surface area contributed by atoms with Crippen LogP contribution in [0.5, 0.6) is 0 Å². The summed E-state index contributed by atoms with van der Waals surface area (Å²) in [6.45, 7) is 5.67. The standard InChI is InChI=1S/C21H22FN5O4S2/c1-21(2,3)31-20(29)26-10-12-5-6-14(24-9-12)27-19-25-11-15(33-19)32-13-7-8-23-17(16(13)22)18(28)30-4/h5-9,11H,10H2,1-4H3,(H,26,29)(H,24,25,27). The first-order valence-corrected chi connectivity index (χ1v) is 11.3. The Morgan fingerprint density at radius 3 is 2.61 bits per heavy atom. The number of carbonyl (C=O) groups excluding carboxylic acids is 2. The van der Waals surface area contributed by atoms with Crippen molar-refractivity contribution in [3.63, 3.8) is 0 Å². The summed E-state index contributed by atoms with van der Waals surface area (Å²) in [4.78, 5) is 35.9. The van der Waals surface area contributed by atoms with Crippen molar-refractivity contribution in [2.24, 2.45) is 0 Å². The molecule has 0 spiro atoms. The summed E-state index contributed by atoms with van der Waals surface area (Å²) in [5.74, 6) is -1.02. The number of pyridine rings is 2. The van der Waals surface area contributed by atoms with Gasteiger partial charge in [-0.15, -0.1) is 0 Å². The van der Waals surface area contributed by atoms with E-state index < -0.39 is 23.5 Å². The number of alkyl carbamates (subject to hydrolysis) is 1. The van der Waals surface area contributed by atoms with Crippen molar-refractivity contribution in [1.82, 2.24) is 20.3 Å². The van der Waals surface area contributed by atoms with Crippen LogP contribution in [0.25, 0.3) is 0 Å². The second-order valence-corrected chi connectivity index (χ2v) is 9.95. The Morgan fingerprint density at radius 2 is 1.94 bits per heavy atom. The van der Waals surface area contributed by atoms with Crippen molar-refractivity contribution in [2.75, 3.05) is 12.4 Å². The van der Waals surface area contributed by atoms with Crippen LogP contribution in [0, 0.1) is 5.82 Å². The first-order chi connectivity index (χ1) is 15.6. The maximum atomic E-state index is 14.5. The molecule has 3 rings (SSSR count). The van der Waals surface area contributed by atoms with Crippen LogP contribution >= 0.6 is 23.1 Å². The highest BCUT2D eigenvalue weighted by Gasteiger charge is 2.19. The number of aromatic nitrogens is 3. The SMILES string of the molecule is COC(=O)c1nccc(Sc2cnc(Nc3ccc(CNC(=O)OC(C)(C)C)cn3)s2)c1F. The summed E-state index contributed by atoms with van der Waals surface area (Å²) in [6.07, 6.45) is 4.07. The van der Waals surface area contributed by atoms with Crippen molar-refractivity contribution in [1.29, 1.82) is 0 Å². The summed E-state index contributed by atoms with van der Waals surface area (Å²) in [6, 6.07) is 5.05. The van der Waals surface area contributed by atoms with Crippen LogP contribution in [0.3, 0.4) is 0 Å². The fraction of sp³-hybridized carbons (Fsp3) is 0.286. The maximum Gasteiger partial charge on any atom is 0.407 e. The van der Waals surface area contributed by atoms with Crippen LogP contribution in [-0.2, 0) is 16.0 Å². The van der Waals surface area contributed by atoms with Gasteiger partial charge in [-0.2, -0.15) is 0 Å². The predicted molar refractivity (Wildman–Crippen MR) is 122 cm³/mol. The molecule has 0 aliphatic carbocycles. The molecule has 174 valence electrons. The average Bonchev–Trinajstić information content (AvgIpc) is 3.20. The zero-order chi connectivity index (χ0) is 24.0. The Labute approximate surface area is 198 Å². The Bertz CT molecular complexity index is 1130. The van der Waals surface area contributed by atoms with Gasteiger partial charge in [0, 0.05) is 18.9 Å². The van der Waals surface area contributed by atoms with Gasteiger partial charge < -0.3 is 20.1 Å². The van der Waals surface area contributed by atoms with Crippen LogP contribution in [0.15, 0.2) is 45.9 Å². The Balaban J connectivity index is 1.58. The molecule has 3 heterocycles. The lowest BCUT2D eigenvalue weighted by atomic mass is 10.2. The number of thiazole rings is 1. The number of anilines is 2. The van der Waals surface area contributed by atoms with E-state index in [2.05, 4.69) is 30.3 Å². The molecule has 33 heavy (non-hydrogen) atoms. The third-order valence-corrected chi connectivity index (χ3v) is 5.87. The number of halogens is 1. The number of amides is 1. The number of nitrogens with zero attached hydrogens (tertiary/aromatic N) is 3. The van der Waals surface area contributed by atoms with Crippen molar-refractivity contribution >= 4 is 46.1 Å². The van der Waals surface area contributed by atoms with Gasteiger partial charge in [-0.3, -0.25) is 0 Å². The molecule has 0 fully saturated rings. The van der Waals surface area contributed by atoms with Crippen molar-refractivity contribution < 1.29 is 23.5 Å². The highest BCUT2D eigenvalue weighted by molar-refractivity contribution is 8.01. The largest absolute Gasteiger partial charge is 0.464 e. The number of nitrogens with one attached hydrogen (secondary N) is 2. The van der Waals surface area contributed by atoms with Crippen LogP contribution in [-0.4, -0.2) is 39.7 Å². The molecule has 0 bridgehead atoms. The van der Waals surface area contributed by atoms with Crippen molar-refractivity contribution in [2.45, 2.75) is 42.0 Å². The molecule has 0 saturated carbocycles. The van der Waals surface area contributed by atoms with Crippen LogP contribution < -0.4 is 10.6 Å². The second kappa shape index (κ2) is 10.6. The first-order valence-electron chi connectivity index (χ1n) is 9.70. The number of esters is 1. The third kappa shape index (κ3) is 7.12. The van der Waals surface area contributed by atoms with E-state index in [-0.39, 0.29) is 17.1 Å². The van der Waals surface area contributed by atoms with Gasteiger partial charge in [0.1, 0.15) is 11.4 Å². The molecule has 0 unspecified atom stereocenters. The summed E-state index contributed by atoms with van der Waals surface area (Å²) < 4.78 is 25.0. The topological polar surface area (TPSA) is 115 Å². The van der Waals surface area contributed by atoms with Crippen LogP contribution in [0.1, 0.15) is 36.8 Å². The molecule has 0 radical (unpaired) electrons.